The quantitative estimate of drug-likeness (QED) is 0.155. The second-order valence-electron chi connectivity index (χ2n) is 15.4. The molecule has 0 aliphatic heterocycles. The highest BCUT2D eigenvalue weighted by Gasteiger charge is 2.35. The monoisotopic (exact) mass is 771 g/mol. The molecule has 0 bridgehead atoms. The molecule has 0 unspecified atom stereocenters. The van der Waals surface area contributed by atoms with Crippen LogP contribution in [-0.2, 0) is 6.18 Å². The normalized spacial score (nSPS) is 11.9. The zero-order chi connectivity index (χ0) is 40.6. The number of fused-ring (bicyclic) bond motifs is 6. The van der Waals surface area contributed by atoms with E-state index in [1.807, 2.05) is 36.4 Å². The van der Waals surface area contributed by atoms with E-state index in [1.54, 1.807) is 19.1 Å². The van der Waals surface area contributed by atoms with E-state index >= 15 is 0 Å². The van der Waals surface area contributed by atoms with Gasteiger partial charge in [-0.15, -0.1) is 0 Å². The Morgan fingerprint density at radius 1 is 0.458 bits per heavy atom. The van der Waals surface area contributed by atoms with Crippen molar-refractivity contribution in [3.63, 3.8) is 0 Å². The molecule has 0 saturated heterocycles. The van der Waals surface area contributed by atoms with E-state index in [0.29, 0.717) is 16.9 Å². The maximum atomic E-state index is 14.9. The van der Waals surface area contributed by atoms with Crippen LogP contribution >= 0.6 is 0 Å². The van der Waals surface area contributed by atoms with Gasteiger partial charge in [0.25, 0.3) is 0 Å². The number of aryl methyl sites for hydroxylation is 3. The van der Waals surface area contributed by atoms with Crippen molar-refractivity contribution in [3.05, 3.63) is 197 Å². The third-order valence-electron chi connectivity index (χ3n) is 11.6. The van der Waals surface area contributed by atoms with Crippen LogP contribution in [0.3, 0.4) is 0 Å². The first-order chi connectivity index (χ1) is 28.6. The van der Waals surface area contributed by atoms with E-state index in [-0.39, 0.29) is 16.8 Å². The zero-order valence-corrected chi connectivity index (χ0v) is 32.6. The molecule has 284 valence electrons. The van der Waals surface area contributed by atoms with Gasteiger partial charge in [0.1, 0.15) is 0 Å². The van der Waals surface area contributed by atoms with Crippen LogP contribution in [0.5, 0.6) is 0 Å². The van der Waals surface area contributed by atoms with E-state index in [2.05, 4.69) is 131 Å². The highest BCUT2D eigenvalue weighted by molar-refractivity contribution is 6.13. The minimum Gasteiger partial charge on any atom is -0.308 e. The lowest BCUT2D eigenvalue weighted by molar-refractivity contribution is -0.137. The number of halogens is 3. The first-order valence-electron chi connectivity index (χ1n) is 19.5. The Kier molecular flexibility index (Phi) is 8.33. The van der Waals surface area contributed by atoms with Crippen LogP contribution in [0.25, 0.3) is 93.2 Å². The van der Waals surface area contributed by atoms with Gasteiger partial charge in [-0.1, -0.05) is 132 Å². The van der Waals surface area contributed by atoms with Crippen molar-refractivity contribution in [1.82, 2.24) is 9.13 Å². The summed E-state index contributed by atoms with van der Waals surface area (Å²) >= 11 is 0. The summed E-state index contributed by atoms with van der Waals surface area (Å²) in [6.07, 6.45) is -4.64. The summed E-state index contributed by atoms with van der Waals surface area (Å²) < 4.78 is 49.2. The van der Waals surface area contributed by atoms with Crippen molar-refractivity contribution in [3.8, 4) is 44.8 Å². The molecule has 10 rings (SSSR count). The first kappa shape index (κ1) is 36.0. The predicted molar refractivity (Wildman–Crippen MR) is 237 cm³/mol. The molecule has 6 heteroatoms. The van der Waals surface area contributed by atoms with E-state index in [0.717, 1.165) is 83.1 Å². The number of nitrogens with zero attached hydrogens (tertiary/aromatic N) is 3. The van der Waals surface area contributed by atoms with Gasteiger partial charge in [-0.2, -0.15) is 13.2 Å². The van der Waals surface area contributed by atoms with Gasteiger partial charge in [0.05, 0.1) is 45.6 Å². The summed E-state index contributed by atoms with van der Waals surface area (Å²) in [6.45, 7) is 14.4. The highest BCUT2D eigenvalue weighted by Crippen LogP contribution is 2.47. The third-order valence-corrected chi connectivity index (χ3v) is 11.6. The molecule has 2 aromatic heterocycles. The standard InChI is InChI=1S/C53H36F3N3/c1-32-12-9-15-35(26-32)37-22-24-41-39-17-5-7-20-46(39)58(48(41)28-37)50-30-43(52-34(3)14-11-19-44(52)53(54,55)56)45(57-4)31-51(50)59-47-21-8-6-18-40(47)42-25-23-38(29-49(42)59)36-16-10-13-33(2)27-36/h5-31H,1-3H3. The fraction of sp³-hybridized carbons (Fsp3) is 0.0755. The lowest BCUT2D eigenvalue weighted by Gasteiger charge is -2.22. The van der Waals surface area contributed by atoms with Crippen LogP contribution in [0.15, 0.2) is 164 Å². The Bertz CT molecular complexity index is 3370. The molecular weight excluding hydrogens is 736 g/mol. The lowest BCUT2D eigenvalue weighted by Crippen LogP contribution is -2.09. The van der Waals surface area contributed by atoms with Gasteiger partial charge in [-0.3, -0.25) is 0 Å². The van der Waals surface area contributed by atoms with Crippen LogP contribution in [-0.4, -0.2) is 9.13 Å². The molecule has 0 fully saturated rings. The molecule has 3 nitrogen and oxygen atoms in total. The summed E-state index contributed by atoms with van der Waals surface area (Å²) in [6, 6.07) is 53.8. The van der Waals surface area contributed by atoms with Crippen molar-refractivity contribution in [2.75, 3.05) is 0 Å². The highest BCUT2D eigenvalue weighted by atomic mass is 19.4. The second-order valence-corrected chi connectivity index (χ2v) is 15.4. The molecule has 0 radical (unpaired) electrons. The van der Waals surface area contributed by atoms with Gasteiger partial charge in [0.15, 0.2) is 5.69 Å². The number of aromatic nitrogens is 2. The van der Waals surface area contributed by atoms with Crippen LogP contribution in [0.2, 0.25) is 0 Å². The maximum absolute atomic E-state index is 14.9. The predicted octanol–water partition coefficient (Wildman–Crippen LogP) is 15.4. The third kappa shape index (κ3) is 5.89. The van der Waals surface area contributed by atoms with Crippen LogP contribution in [0, 0.1) is 27.3 Å². The maximum Gasteiger partial charge on any atom is 0.416 e. The molecular formula is C53H36F3N3. The molecule has 0 aliphatic carbocycles. The molecule has 2 heterocycles. The van der Waals surface area contributed by atoms with E-state index in [4.69, 9.17) is 6.57 Å². The van der Waals surface area contributed by atoms with E-state index in [1.165, 1.54) is 6.07 Å². The summed E-state index contributed by atoms with van der Waals surface area (Å²) in [4.78, 5) is 3.99. The largest absolute Gasteiger partial charge is 0.416 e. The summed E-state index contributed by atoms with van der Waals surface area (Å²) in [5.74, 6) is 0. The van der Waals surface area contributed by atoms with Gasteiger partial charge in [-0.05, 0) is 102 Å². The molecule has 0 atom stereocenters. The van der Waals surface area contributed by atoms with E-state index < -0.39 is 11.7 Å². The molecule has 10 aromatic rings. The van der Waals surface area contributed by atoms with Gasteiger partial charge in [0, 0.05) is 21.5 Å². The van der Waals surface area contributed by atoms with Gasteiger partial charge >= 0.3 is 6.18 Å². The molecule has 0 aliphatic rings. The summed E-state index contributed by atoms with van der Waals surface area (Å²) in [5.41, 5.74) is 11.5. The van der Waals surface area contributed by atoms with Crippen LogP contribution in [0.4, 0.5) is 18.9 Å². The average Bonchev–Trinajstić information content (AvgIpc) is 3.75. The van der Waals surface area contributed by atoms with Gasteiger partial charge in [-0.25, -0.2) is 4.85 Å². The lowest BCUT2D eigenvalue weighted by atomic mass is 9.92. The first-order valence-corrected chi connectivity index (χ1v) is 19.5. The fourth-order valence-corrected chi connectivity index (χ4v) is 8.95. The Hall–Kier alpha value is -7.36. The summed E-state index contributed by atoms with van der Waals surface area (Å²) in [5, 5.41) is 4.07. The van der Waals surface area contributed by atoms with Crippen molar-refractivity contribution in [1.29, 1.82) is 0 Å². The molecule has 59 heavy (non-hydrogen) atoms. The number of hydrogen-bond donors (Lipinski definition) is 0. The van der Waals surface area contributed by atoms with Crippen LogP contribution in [0.1, 0.15) is 22.3 Å². The number of alkyl halides is 3. The SMILES string of the molecule is [C-]#[N+]c1cc(-n2c3ccccc3c3ccc(-c4cccc(C)c4)cc32)c(-n2c3ccccc3c3ccc(-c4cccc(C)c4)cc32)cc1-c1c(C)cccc1C(F)(F)F. The van der Waals surface area contributed by atoms with Crippen LogP contribution < -0.4 is 0 Å². The fourth-order valence-electron chi connectivity index (χ4n) is 8.95. The van der Waals surface area contributed by atoms with Crippen molar-refractivity contribution in [2.45, 2.75) is 26.9 Å². The molecule has 8 aromatic carbocycles. The molecule has 0 N–H and O–H groups in total. The molecule has 0 saturated carbocycles. The van der Waals surface area contributed by atoms with E-state index in [9.17, 15) is 13.2 Å². The Morgan fingerprint density at radius 2 is 0.932 bits per heavy atom. The van der Waals surface area contributed by atoms with Gasteiger partial charge < -0.3 is 9.13 Å². The Balaban J connectivity index is 1.39. The minimum absolute atomic E-state index is 0.00368. The number of hydrogen-bond acceptors (Lipinski definition) is 0. The summed E-state index contributed by atoms with van der Waals surface area (Å²) in [7, 11) is 0. The smallest absolute Gasteiger partial charge is 0.308 e. The van der Waals surface area contributed by atoms with Gasteiger partial charge in [0.2, 0.25) is 0 Å². The number of benzene rings is 8. The van der Waals surface area contributed by atoms with Crippen molar-refractivity contribution in [2.24, 2.45) is 0 Å². The average molecular weight is 772 g/mol. The van der Waals surface area contributed by atoms with Crippen molar-refractivity contribution < 1.29 is 13.2 Å². The Morgan fingerprint density at radius 3 is 1.44 bits per heavy atom. The van der Waals surface area contributed by atoms with Crippen molar-refractivity contribution >= 4 is 49.3 Å². The Labute approximate surface area is 339 Å². The second kappa shape index (κ2) is 13.6. The topological polar surface area (TPSA) is 14.2 Å². The zero-order valence-electron chi connectivity index (χ0n) is 32.6. The molecule has 0 spiro atoms. The molecule has 0 amide bonds. The number of para-hydroxylation sites is 2. The minimum atomic E-state index is -4.64. The number of rotatable bonds is 5.